The van der Waals surface area contributed by atoms with Gasteiger partial charge >= 0.3 is 0 Å². The van der Waals surface area contributed by atoms with Gasteiger partial charge in [-0.25, -0.2) is 0 Å². The van der Waals surface area contributed by atoms with Crippen molar-refractivity contribution in [1.29, 1.82) is 0 Å². The third-order valence-electron chi connectivity index (χ3n) is 1.40. The van der Waals surface area contributed by atoms with Crippen LogP contribution in [0.3, 0.4) is 0 Å². The highest BCUT2D eigenvalue weighted by Gasteiger charge is 1.97. The van der Waals surface area contributed by atoms with E-state index < -0.39 is 0 Å². The van der Waals surface area contributed by atoms with Crippen molar-refractivity contribution in [3.63, 3.8) is 0 Å². The fourth-order valence-electron chi connectivity index (χ4n) is 0.717. The van der Waals surface area contributed by atoms with Crippen LogP contribution in [0.2, 0.25) is 0 Å². The van der Waals surface area contributed by atoms with Crippen molar-refractivity contribution in [1.82, 2.24) is 0 Å². The second kappa shape index (κ2) is 6.17. The van der Waals surface area contributed by atoms with Crippen LogP contribution in [0.1, 0.15) is 26.2 Å². The van der Waals surface area contributed by atoms with Crippen LogP contribution in [0.5, 0.6) is 0 Å². The molecule has 0 aromatic rings. The summed E-state index contributed by atoms with van der Waals surface area (Å²) in [6.07, 6.45) is 3.02. The third kappa shape index (κ3) is 5.93. The maximum atomic E-state index is 8.50. The van der Waals surface area contributed by atoms with Gasteiger partial charge in [0.1, 0.15) is 0 Å². The van der Waals surface area contributed by atoms with E-state index >= 15 is 0 Å². The van der Waals surface area contributed by atoms with Crippen molar-refractivity contribution < 1.29 is 5.11 Å². The molecule has 54 valence electrons. The van der Waals surface area contributed by atoms with Gasteiger partial charge in [0.2, 0.25) is 0 Å². The molecule has 0 saturated carbocycles. The third-order valence-corrected chi connectivity index (χ3v) is 1.63. The fourth-order valence-corrected chi connectivity index (χ4v) is 0.853. The highest BCUT2D eigenvalue weighted by Crippen LogP contribution is 2.07. The lowest BCUT2D eigenvalue weighted by molar-refractivity contribution is 0.259. The molecule has 0 aromatic heterocycles. The molecule has 0 rings (SSSR count). The molecule has 1 unspecified atom stereocenters. The predicted octanol–water partition coefficient (Wildman–Crippen LogP) is 1.78. The van der Waals surface area contributed by atoms with Gasteiger partial charge in [-0.15, -0.1) is 0 Å². The van der Waals surface area contributed by atoms with Gasteiger partial charge in [-0.1, -0.05) is 19.1 Å². The largest absolute Gasteiger partial charge is 0.396 e. The van der Waals surface area contributed by atoms with Gasteiger partial charge in [0, 0.05) is 6.61 Å². The number of hydrogen-bond donors (Lipinski definition) is 1. The SMILES string of the molecule is CC(CCO)CCC=S. The van der Waals surface area contributed by atoms with E-state index in [0.29, 0.717) is 12.5 Å². The molecule has 0 spiro atoms. The van der Waals surface area contributed by atoms with Crippen LogP contribution in [-0.2, 0) is 0 Å². The van der Waals surface area contributed by atoms with E-state index in [-0.39, 0.29) is 0 Å². The Labute approximate surface area is 62.1 Å². The summed E-state index contributed by atoms with van der Waals surface area (Å²) in [6, 6.07) is 0. The van der Waals surface area contributed by atoms with Gasteiger partial charge in [0.15, 0.2) is 0 Å². The molecular formula is C7H14OS. The monoisotopic (exact) mass is 146 g/mol. The molecule has 0 aliphatic carbocycles. The molecule has 0 aliphatic heterocycles. The average Bonchev–Trinajstić information content (AvgIpc) is 1.85. The summed E-state index contributed by atoms with van der Waals surface area (Å²) in [5, 5.41) is 10.3. The Morgan fingerprint density at radius 1 is 1.56 bits per heavy atom. The summed E-state index contributed by atoms with van der Waals surface area (Å²) >= 11 is 4.67. The van der Waals surface area contributed by atoms with Crippen molar-refractivity contribution in [2.75, 3.05) is 6.61 Å². The number of thiocarbonyl (C=S) groups is 1. The van der Waals surface area contributed by atoms with Crippen molar-refractivity contribution in [3.05, 3.63) is 0 Å². The summed E-state index contributed by atoms with van der Waals surface area (Å²) in [5.74, 6) is 0.620. The molecule has 0 bridgehead atoms. The van der Waals surface area contributed by atoms with E-state index in [9.17, 15) is 0 Å². The van der Waals surface area contributed by atoms with Crippen molar-refractivity contribution in [2.24, 2.45) is 5.92 Å². The first-order valence-electron chi connectivity index (χ1n) is 3.35. The minimum Gasteiger partial charge on any atom is -0.396 e. The highest BCUT2D eigenvalue weighted by atomic mass is 32.1. The van der Waals surface area contributed by atoms with E-state index in [1.165, 1.54) is 0 Å². The topological polar surface area (TPSA) is 20.2 Å². The van der Waals surface area contributed by atoms with E-state index in [1.807, 2.05) is 0 Å². The van der Waals surface area contributed by atoms with Gasteiger partial charge in [0.25, 0.3) is 0 Å². The van der Waals surface area contributed by atoms with Gasteiger partial charge in [0.05, 0.1) is 0 Å². The molecule has 9 heavy (non-hydrogen) atoms. The van der Waals surface area contributed by atoms with Crippen LogP contribution in [0.25, 0.3) is 0 Å². The molecular weight excluding hydrogens is 132 g/mol. The summed E-state index contributed by atoms with van der Waals surface area (Å²) in [7, 11) is 0. The Kier molecular flexibility index (Phi) is 6.21. The van der Waals surface area contributed by atoms with E-state index in [0.717, 1.165) is 19.3 Å². The summed E-state index contributed by atoms with van der Waals surface area (Å²) in [4.78, 5) is 0. The molecule has 0 aliphatic rings. The second-order valence-electron chi connectivity index (χ2n) is 2.36. The van der Waals surface area contributed by atoms with Crippen LogP contribution in [0.4, 0.5) is 0 Å². The lowest BCUT2D eigenvalue weighted by Gasteiger charge is -2.05. The van der Waals surface area contributed by atoms with Crippen molar-refractivity contribution in [3.8, 4) is 0 Å². The molecule has 1 nitrogen and oxygen atoms in total. The maximum Gasteiger partial charge on any atom is 0.0433 e. The molecule has 2 heteroatoms. The lowest BCUT2D eigenvalue weighted by Crippen LogP contribution is -1.97. The minimum absolute atomic E-state index is 0.304. The van der Waals surface area contributed by atoms with E-state index in [2.05, 4.69) is 19.1 Å². The van der Waals surface area contributed by atoms with Gasteiger partial charge in [-0.05, 0) is 30.5 Å². The Balaban J connectivity index is 3.04. The standard InChI is InChI=1S/C7H14OS/c1-7(4-5-8)3-2-6-9/h6-8H,2-5H2,1H3. The molecule has 0 amide bonds. The number of aliphatic hydroxyl groups excluding tert-OH is 1. The predicted molar refractivity (Wildman–Crippen MR) is 43.8 cm³/mol. The first-order chi connectivity index (χ1) is 4.31. The van der Waals surface area contributed by atoms with Gasteiger partial charge in [-0.3, -0.25) is 0 Å². The van der Waals surface area contributed by atoms with Gasteiger partial charge in [-0.2, -0.15) is 0 Å². The molecule has 0 aromatic carbocycles. The van der Waals surface area contributed by atoms with E-state index in [1.54, 1.807) is 5.37 Å². The van der Waals surface area contributed by atoms with Crippen molar-refractivity contribution in [2.45, 2.75) is 26.2 Å². The minimum atomic E-state index is 0.304. The average molecular weight is 146 g/mol. The molecule has 1 atom stereocenters. The van der Waals surface area contributed by atoms with Gasteiger partial charge < -0.3 is 5.11 Å². The zero-order valence-electron chi connectivity index (χ0n) is 5.84. The van der Waals surface area contributed by atoms with Crippen LogP contribution in [0, 0.1) is 5.92 Å². The summed E-state index contributed by atoms with van der Waals surface area (Å²) < 4.78 is 0. The second-order valence-corrected chi connectivity index (χ2v) is 2.69. The normalized spacial score (nSPS) is 13.1. The first-order valence-corrected chi connectivity index (χ1v) is 3.83. The zero-order chi connectivity index (χ0) is 7.11. The molecule has 0 radical (unpaired) electrons. The Hall–Kier alpha value is 0.0500. The maximum absolute atomic E-state index is 8.50. The molecule has 0 saturated heterocycles. The molecule has 1 N–H and O–H groups in total. The Morgan fingerprint density at radius 2 is 2.22 bits per heavy atom. The van der Waals surface area contributed by atoms with E-state index in [4.69, 9.17) is 5.11 Å². The number of hydrogen-bond acceptors (Lipinski definition) is 2. The summed E-state index contributed by atoms with van der Waals surface area (Å²) in [6.45, 7) is 2.44. The summed E-state index contributed by atoms with van der Waals surface area (Å²) in [5.41, 5.74) is 0. The quantitative estimate of drug-likeness (QED) is 0.597. The Bertz CT molecular complexity index is 73.3. The first kappa shape index (κ1) is 9.05. The highest BCUT2D eigenvalue weighted by molar-refractivity contribution is 7.78. The number of rotatable bonds is 5. The van der Waals surface area contributed by atoms with Crippen molar-refractivity contribution >= 4 is 17.6 Å². The van der Waals surface area contributed by atoms with Crippen LogP contribution in [0.15, 0.2) is 0 Å². The Morgan fingerprint density at radius 3 is 2.67 bits per heavy atom. The van der Waals surface area contributed by atoms with Crippen LogP contribution >= 0.6 is 12.2 Å². The zero-order valence-corrected chi connectivity index (χ0v) is 6.66. The smallest absolute Gasteiger partial charge is 0.0433 e. The molecule has 0 fully saturated rings. The van der Waals surface area contributed by atoms with Crippen LogP contribution < -0.4 is 0 Å². The van der Waals surface area contributed by atoms with Crippen LogP contribution in [-0.4, -0.2) is 17.1 Å². The lowest BCUT2D eigenvalue weighted by atomic mass is 10.0. The molecule has 0 heterocycles. The number of aliphatic hydroxyl groups is 1. The fraction of sp³-hybridized carbons (Fsp3) is 0.857.